The van der Waals surface area contributed by atoms with E-state index < -0.39 is 0 Å². The maximum absolute atomic E-state index is 12.9. The number of aryl methyl sites for hydroxylation is 1. The van der Waals surface area contributed by atoms with Crippen LogP contribution in [0.1, 0.15) is 35.4 Å². The predicted molar refractivity (Wildman–Crippen MR) is 92.6 cm³/mol. The van der Waals surface area contributed by atoms with Gasteiger partial charge in [-0.1, -0.05) is 0 Å². The average Bonchev–Trinajstić information content (AvgIpc) is 3.18. The fourth-order valence-electron chi connectivity index (χ4n) is 4.52. The Morgan fingerprint density at radius 2 is 2.00 bits per heavy atom. The van der Waals surface area contributed by atoms with Crippen molar-refractivity contribution in [3.8, 4) is 0 Å². The first kappa shape index (κ1) is 17.1. The van der Waals surface area contributed by atoms with Crippen LogP contribution in [0, 0.1) is 12.3 Å². The van der Waals surface area contributed by atoms with E-state index in [9.17, 15) is 4.79 Å². The van der Waals surface area contributed by atoms with Gasteiger partial charge in [-0.25, -0.2) is 0 Å². The Hall–Kier alpha value is -1.37. The summed E-state index contributed by atoms with van der Waals surface area (Å²) in [6.45, 7) is 8.50. The molecule has 1 aromatic heterocycles. The maximum atomic E-state index is 12.9. The van der Waals surface area contributed by atoms with Gasteiger partial charge in [-0.15, -0.1) is 0 Å². The molecule has 0 bridgehead atoms. The van der Waals surface area contributed by atoms with Crippen LogP contribution in [0.4, 0.5) is 0 Å². The standard InChI is InChI=1S/C19H28N2O4/c1-15-17(4-10-25-15)18(22)21-7-11-24-14-19(13-21)5-6-20(12-19)16-2-8-23-9-3-16/h4,10,16H,2-3,5-9,11-14H2,1H3/t19-/m1/s1. The number of carbonyl (C=O) groups is 1. The van der Waals surface area contributed by atoms with Crippen molar-refractivity contribution in [2.24, 2.45) is 5.41 Å². The molecule has 0 aliphatic carbocycles. The fraction of sp³-hybridized carbons (Fsp3) is 0.737. The summed E-state index contributed by atoms with van der Waals surface area (Å²) in [4.78, 5) is 17.5. The molecule has 1 amide bonds. The van der Waals surface area contributed by atoms with Crippen molar-refractivity contribution in [3.63, 3.8) is 0 Å². The smallest absolute Gasteiger partial charge is 0.257 e. The van der Waals surface area contributed by atoms with E-state index in [1.807, 2.05) is 11.8 Å². The lowest BCUT2D eigenvalue weighted by atomic mass is 9.87. The van der Waals surface area contributed by atoms with Crippen molar-refractivity contribution in [3.05, 3.63) is 23.7 Å². The molecule has 3 fully saturated rings. The second-order valence-corrected chi connectivity index (χ2v) is 7.73. The summed E-state index contributed by atoms with van der Waals surface area (Å²) in [6, 6.07) is 2.40. The van der Waals surface area contributed by atoms with E-state index in [0.29, 0.717) is 30.5 Å². The highest BCUT2D eigenvalue weighted by molar-refractivity contribution is 5.95. The lowest BCUT2D eigenvalue weighted by molar-refractivity contribution is 0.0284. The minimum absolute atomic E-state index is 0.0576. The van der Waals surface area contributed by atoms with Gasteiger partial charge in [0.05, 0.1) is 25.0 Å². The Morgan fingerprint density at radius 3 is 2.76 bits per heavy atom. The summed E-state index contributed by atoms with van der Waals surface area (Å²) in [6.07, 6.45) is 4.93. The van der Waals surface area contributed by atoms with E-state index in [1.54, 1.807) is 12.3 Å². The molecule has 0 radical (unpaired) electrons. The molecule has 4 rings (SSSR count). The molecule has 0 aromatic carbocycles. The Morgan fingerprint density at radius 1 is 1.16 bits per heavy atom. The first-order valence-electron chi connectivity index (χ1n) is 9.40. The van der Waals surface area contributed by atoms with E-state index >= 15 is 0 Å². The van der Waals surface area contributed by atoms with Gasteiger partial charge >= 0.3 is 0 Å². The highest BCUT2D eigenvalue weighted by Gasteiger charge is 2.44. The molecule has 4 heterocycles. The summed E-state index contributed by atoms with van der Waals surface area (Å²) in [5, 5.41) is 0. The zero-order chi connectivity index (χ0) is 17.3. The molecule has 138 valence electrons. The SMILES string of the molecule is Cc1occc1C(=O)N1CCOC[C@@]2(CCN(C3CCOCC3)C2)C1. The van der Waals surface area contributed by atoms with Crippen LogP contribution in [0.25, 0.3) is 0 Å². The van der Waals surface area contributed by atoms with Crippen LogP contribution in [0.15, 0.2) is 16.7 Å². The molecule has 3 aliphatic rings. The summed E-state index contributed by atoms with van der Waals surface area (Å²) in [5.74, 6) is 0.764. The van der Waals surface area contributed by atoms with Gasteiger partial charge in [-0.2, -0.15) is 0 Å². The molecular weight excluding hydrogens is 320 g/mol. The number of ether oxygens (including phenoxy) is 2. The summed E-state index contributed by atoms with van der Waals surface area (Å²) < 4.78 is 16.8. The van der Waals surface area contributed by atoms with Crippen molar-refractivity contribution in [2.75, 3.05) is 52.6 Å². The monoisotopic (exact) mass is 348 g/mol. The molecule has 1 aromatic rings. The minimum atomic E-state index is 0.0576. The molecule has 0 unspecified atom stereocenters. The van der Waals surface area contributed by atoms with Gasteiger partial charge < -0.3 is 18.8 Å². The van der Waals surface area contributed by atoms with Crippen LogP contribution in [-0.4, -0.2) is 74.4 Å². The second kappa shape index (κ2) is 7.09. The first-order valence-corrected chi connectivity index (χ1v) is 9.40. The number of amides is 1. The van der Waals surface area contributed by atoms with Gasteiger partial charge in [0.2, 0.25) is 0 Å². The Kier molecular flexibility index (Phi) is 4.84. The molecule has 0 saturated carbocycles. The summed E-state index contributed by atoms with van der Waals surface area (Å²) in [5.41, 5.74) is 0.735. The Balaban J connectivity index is 1.46. The van der Waals surface area contributed by atoms with Gasteiger partial charge in [-0.3, -0.25) is 9.69 Å². The number of nitrogens with zero attached hydrogens (tertiary/aromatic N) is 2. The van der Waals surface area contributed by atoms with Crippen LogP contribution in [0.2, 0.25) is 0 Å². The van der Waals surface area contributed by atoms with E-state index in [0.717, 1.165) is 58.7 Å². The van der Waals surface area contributed by atoms with Crippen LogP contribution >= 0.6 is 0 Å². The number of hydrogen-bond donors (Lipinski definition) is 0. The molecule has 6 heteroatoms. The van der Waals surface area contributed by atoms with Gasteiger partial charge in [0.1, 0.15) is 5.76 Å². The summed E-state index contributed by atoms with van der Waals surface area (Å²) in [7, 11) is 0. The molecule has 1 spiro atoms. The van der Waals surface area contributed by atoms with Crippen LogP contribution in [-0.2, 0) is 9.47 Å². The fourth-order valence-corrected chi connectivity index (χ4v) is 4.52. The number of furan rings is 1. The topological polar surface area (TPSA) is 55.2 Å². The van der Waals surface area contributed by atoms with Crippen LogP contribution in [0.5, 0.6) is 0 Å². The highest BCUT2D eigenvalue weighted by Crippen LogP contribution is 2.36. The third-order valence-corrected chi connectivity index (χ3v) is 5.99. The predicted octanol–water partition coefficient (Wildman–Crippen LogP) is 1.93. The van der Waals surface area contributed by atoms with E-state index in [2.05, 4.69) is 4.90 Å². The van der Waals surface area contributed by atoms with Crippen molar-refractivity contribution in [1.82, 2.24) is 9.80 Å². The largest absolute Gasteiger partial charge is 0.469 e. The average molecular weight is 348 g/mol. The molecular formula is C19H28N2O4. The Labute approximate surface area is 149 Å². The maximum Gasteiger partial charge on any atom is 0.257 e. The molecule has 3 saturated heterocycles. The van der Waals surface area contributed by atoms with Gasteiger partial charge in [0.25, 0.3) is 5.91 Å². The second-order valence-electron chi connectivity index (χ2n) is 7.73. The van der Waals surface area contributed by atoms with E-state index in [-0.39, 0.29) is 11.3 Å². The van der Waals surface area contributed by atoms with Crippen molar-refractivity contribution >= 4 is 5.91 Å². The number of rotatable bonds is 2. The van der Waals surface area contributed by atoms with Crippen LogP contribution in [0.3, 0.4) is 0 Å². The minimum Gasteiger partial charge on any atom is -0.469 e. The summed E-state index contributed by atoms with van der Waals surface area (Å²) >= 11 is 0. The highest BCUT2D eigenvalue weighted by atomic mass is 16.5. The number of likely N-dealkylation sites (tertiary alicyclic amines) is 1. The molecule has 1 atom stereocenters. The molecule has 0 N–H and O–H groups in total. The first-order chi connectivity index (χ1) is 12.2. The Bertz CT molecular complexity index is 610. The van der Waals surface area contributed by atoms with Crippen molar-refractivity contribution in [2.45, 2.75) is 32.2 Å². The molecule has 25 heavy (non-hydrogen) atoms. The van der Waals surface area contributed by atoms with E-state index in [4.69, 9.17) is 13.9 Å². The lowest BCUT2D eigenvalue weighted by Crippen LogP contribution is -2.45. The quantitative estimate of drug-likeness (QED) is 0.817. The van der Waals surface area contributed by atoms with Crippen molar-refractivity contribution < 1.29 is 18.7 Å². The number of carbonyl (C=O) groups excluding carboxylic acids is 1. The third-order valence-electron chi connectivity index (χ3n) is 5.99. The van der Waals surface area contributed by atoms with Gasteiger partial charge in [0.15, 0.2) is 0 Å². The lowest BCUT2D eigenvalue weighted by Gasteiger charge is -2.35. The van der Waals surface area contributed by atoms with Crippen molar-refractivity contribution in [1.29, 1.82) is 0 Å². The van der Waals surface area contributed by atoms with E-state index in [1.165, 1.54) is 0 Å². The molecule has 6 nitrogen and oxygen atoms in total. The van der Waals surface area contributed by atoms with Gasteiger partial charge in [0, 0.05) is 44.3 Å². The number of hydrogen-bond acceptors (Lipinski definition) is 5. The van der Waals surface area contributed by atoms with Crippen LogP contribution < -0.4 is 0 Å². The normalized spacial score (nSPS) is 29.2. The zero-order valence-corrected chi connectivity index (χ0v) is 15.0. The molecule has 3 aliphatic heterocycles. The zero-order valence-electron chi connectivity index (χ0n) is 15.0. The van der Waals surface area contributed by atoms with Gasteiger partial charge in [-0.05, 0) is 38.8 Å². The third kappa shape index (κ3) is 3.48.